The number of aromatic amines is 1. The Bertz CT molecular complexity index is 976. The molecule has 2 aromatic heterocycles. The molecule has 3 aromatic rings. The highest BCUT2D eigenvalue weighted by atomic mass is 32.1. The van der Waals surface area contributed by atoms with Crippen LogP contribution in [0.4, 0.5) is 0 Å². The van der Waals surface area contributed by atoms with Crippen molar-refractivity contribution in [1.29, 1.82) is 0 Å². The van der Waals surface area contributed by atoms with Gasteiger partial charge in [0.1, 0.15) is 10.7 Å². The molecule has 0 bridgehead atoms. The van der Waals surface area contributed by atoms with Crippen LogP contribution >= 0.6 is 11.3 Å². The second kappa shape index (κ2) is 6.95. The fourth-order valence-electron chi connectivity index (χ4n) is 3.35. The first-order valence-electron chi connectivity index (χ1n) is 8.99. The number of benzene rings is 1. The van der Waals surface area contributed by atoms with Crippen LogP contribution in [0, 0.1) is 13.8 Å². The van der Waals surface area contributed by atoms with E-state index in [0.717, 1.165) is 33.7 Å². The number of H-pyrrole nitrogens is 1. The second-order valence-corrected chi connectivity index (χ2v) is 8.27. The van der Waals surface area contributed by atoms with Gasteiger partial charge < -0.3 is 10.1 Å². The van der Waals surface area contributed by atoms with Crippen LogP contribution in [0.5, 0.6) is 0 Å². The average Bonchev–Trinajstić information content (AvgIpc) is 3.42. The topological polar surface area (TPSA) is 69.2 Å². The lowest BCUT2D eigenvalue weighted by Crippen LogP contribution is -2.32. The summed E-state index contributed by atoms with van der Waals surface area (Å²) in [5, 5.41) is 11.3. The molecular weight excluding hydrogens is 346 g/mol. The molecule has 2 N–H and O–H groups in total. The van der Waals surface area contributed by atoms with E-state index < -0.39 is 6.10 Å². The third-order valence-electron chi connectivity index (χ3n) is 5.10. The Labute approximate surface area is 156 Å². The van der Waals surface area contributed by atoms with Gasteiger partial charge in [-0.05, 0) is 37.8 Å². The summed E-state index contributed by atoms with van der Waals surface area (Å²) >= 11 is 1.57. The summed E-state index contributed by atoms with van der Waals surface area (Å²) in [5.74, 6) is 0.677. The van der Waals surface area contributed by atoms with Gasteiger partial charge in [-0.1, -0.05) is 30.3 Å². The Morgan fingerprint density at radius 2 is 2.04 bits per heavy atom. The van der Waals surface area contributed by atoms with E-state index in [0.29, 0.717) is 30.3 Å². The number of aliphatic hydroxyl groups excluding tert-OH is 1. The molecule has 0 amide bonds. The molecule has 5 nitrogen and oxygen atoms in total. The van der Waals surface area contributed by atoms with E-state index >= 15 is 0 Å². The number of aryl methyl sites for hydroxylation is 2. The molecule has 1 aliphatic carbocycles. The number of hydrogen-bond acceptors (Lipinski definition) is 5. The number of aromatic nitrogens is 2. The number of fused-ring (bicyclic) bond motifs is 1. The van der Waals surface area contributed by atoms with Gasteiger partial charge in [0.25, 0.3) is 5.56 Å². The number of rotatable bonds is 6. The number of hydrogen-bond donors (Lipinski definition) is 2. The third kappa shape index (κ3) is 3.45. The molecular formula is C20H23N3O2S. The zero-order valence-electron chi connectivity index (χ0n) is 15.0. The summed E-state index contributed by atoms with van der Waals surface area (Å²) in [5.41, 5.74) is 1.87. The molecule has 0 aliphatic heterocycles. The van der Waals surface area contributed by atoms with Gasteiger partial charge in [-0.2, -0.15) is 0 Å². The van der Waals surface area contributed by atoms with Gasteiger partial charge in [0.2, 0.25) is 0 Å². The molecule has 136 valence electrons. The van der Waals surface area contributed by atoms with Crippen LogP contribution < -0.4 is 5.56 Å². The molecule has 1 atom stereocenters. The molecule has 26 heavy (non-hydrogen) atoms. The summed E-state index contributed by atoms with van der Waals surface area (Å²) in [4.78, 5) is 24.3. The van der Waals surface area contributed by atoms with Crippen molar-refractivity contribution in [3.63, 3.8) is 0 Å². The Morgan fingerprint density at radius 3 is 2.73 bits per heavy atom. The largest absolute Gasteiger partial charge is 0.387 e. The first-order valence-corrected chi connectivity index (χ1v) is 9.80. The Hall–Kier alpha value is -2.02. The molecule has 2 heterocycles. The van der Waals surface area contributed by atoms with E-state index in [2.05, 4.69) is 14.9 Å². The quantitative estimate of drug-likeness (QED) is 0.699. The minimum atomic E-state index is -0.543. The Morgan fingerprint density at radius 1 is 1.31 bits per heavy atom. The number of aliphatic hydroxyl groups is 1. The lowest BCUT2D eigenvalue weighted by atomic mass is 10.1. The maximum atomic E-state index is 12.5. The van der Waals surface area contributed by atoms with Crippen LogP contribution in [0.25, 0.3) is 10.2 Å². The van der Waals surface area contributed by atoms with Gasteiger partial charge in [0.05, 0.1) is 18.0 Å². The van der Waals surface area contributed by atoms with Crippen molar-refractivity contribution in [2.75, 3.05) is 6.54 Å². The summed E-state index contributed by atoms with van der Waals surface area (Å²) < 4.78 is 0. The van der Waals surface area contributed by atoms with Gasteiger partial charge in [0, 0.05) is 17.5 Å². The van der Waals surface area contributed by atoms with Gasteiger partial charge in [0.15, 0.2) is 0 Å². The molecule has 4 rings (SSSR count). The predicted octanol–water partition coefficient (Wildman–Crippen LogP) is 3.30. The fraction of sp³-hybridized carbons (Fsp3) is 0.400. The van der Waals surface area contributed by atoms with Crippen molar-refractivity contribution in [1.82, 2.24) is 14.9 Å². The van der Waals surface area contributed by atoms with Crippen LogP contribution in [0.1, 0.15) is 40.8 Å². The van der Waals surface area contributed by atoms with Crippen molar-refractivity contribution in [2.24, 2.45) is 0 Å². The van der Waals surface area contributed by atoms with Crippen LogP contribution in [-0.4, -0.2) is 32.6 Å². The molecule has 0 saturated heterocycles. The first kappa shape index (κ1) is 17.4. The number of nitrogens with one attached hydrogen (secondary N) is 1. The average molecular weight is 369 g/mol. The summed E-state index contributed by atoms with van der Waals surface area (Å²) in [6, 6.07) is 10.2. The van der Waals surface area contributed by atoms with Crippen molar-refractivity contribution in [3.8, 4) is 0 Å². The van der Waals surface area contributed by atoms with E-state index in [9.17, 15) is 9.90 Å². The van der Waals surface area contributed by atoms with Crippen molar-refractivity contribution in [3.05, 3.63) is 62.5 Å². The Kier molecular flexibility index (Phi) is 4.65. The number of thiophene rings is 1. The molecule has 6 heteroatoms. The monoisotopic (exact) mass is 369 g/mol. The molecule has 1 aromatic carbocycles. The highest BCUT2D eigenvalue weighted by Crippen LogP contribution is 2.30. The normalized spacial score (nSPS) is 15.7. The number of nitrogens with zero attached hydrogens (tertiary/aromatic N) is 2. The third-order valence-corrected chi connectivity index (χ3v) is 6.20. The Balaban J connectivity index is 1.57. The summed E-state index contributed by atoms with van der Waals surface area (Å²) in [6.07, 6.45) is 1.72. The maximum Gasteiger partial charge on any atom is 0.259 e. The van der Waals surface area contributed by atoms with Gasteiger partial charge >= 0.3 is 0 Å². The van der Waals surface area contributed by atoms with Crippen molar-refractivity contribution < 1.29 is 5.11 Å². The van der Waals surface area contributed by atoms with Crippen molar-refractivity contribution in [2.45, 2.75) is 45.4 Å². The smallest absolute Gasteiger partial charge is 0.259 e. The lowest BCUT2D eigenvalue weighted by molar-refractivity contribution is 0.103. The first-order chi connectivity index (χ1) is 12.5. The lowest BCUT2D eigenvalue weighted by Gasteiger charge is -2.24. The van der Waals surface area contributed by atoms with Crippen LogP contribution in [0.3, 0.4) is 0 Å². The van der Waals surface area contributed by atoms with E-state index in [-0.39, 0.29) is 5.56 Å². The minimum absolute atomic E-state index is 0.0637. The molecule has 1 saturated carbocycles. The molecule has 0 spiro atoms. The molecule has 0 radical (unpaired) electrons. The van der Waals surface area contributed by atoms with E-state index in [1.54, 1.807) is 11.3 Å². The molecule has 1 aliphatic rings. The highest BCUT2D eigenvalue weighted by Gasteiger charge is 2.31. The zero-order chi connectivity index (χ0) is 18.3. The van der Waals surface area contributed by atoms with E-state index in [4.69, 9.17) is 0 Å². The van der Waals surface area contributed by atoms with Crippen LogP contribution in [0.2, 0.25) is 0 Å². The van der Waals surface area contributed by atoms with Crippen molar-refractivity contribution >= 4 is 21.6 Å². The second-order valence-electron chi connectivity index (χ2n) is 7.06. The summed E-state index contributed by atoms with van der Waals surface area (Å²) in [6.45, 7) is 5.08. The summed E-state index contributed by atoms with van der Waals surface area (Å²) in [7, 11) is 0. The maximum absolute atomic E-state index is 12.5. The minimum Gasteiger partial charge on any atom is -0.387 e. The standard InChI is InChI=1S/C20H23N3O2S/c1-12-13(2)26-20-18(12)19(25)21-17(22-20)11-23(15-8-9-15)10-16(24)14-6-4-3-5-7-14/h3-7,15-16,24H,8-11H2,1-2H3,(H,21,22,25). The fourth-order valence-corrected chi connectivity index (χ4v) is 4.40. The predicted molar refractivity (Wildman–Crippen MR) is 105 cm³/mol. The highest BCUT2D eigenvalue weighted by molar-refractivity contribution is 7.18. The van der Waals surface area contributed by atoms with Gasteiger partial charge in [-0.3, -0.25) is 9.69 Å². The zero-order valence-corrected chi connectivity index (χ0v) is 15.8. The van der Waals surface area contributed by atoms with E-state index in [1.807, 2.05) is 44.2 Å². The van der Waals surface area contributed by atoms with Gasteiger partial charge in [-0.25, -0.2) is 4.98 Å². The molecule has 1 unspecified atom stereocenters. The van der Waals surface area contributed by atoms with E-state index in [1.165, 1.54) is 0 Å². The van der Waals surface area contributed by atoms with Crippen LogP contribution in [0.15, 0.2) is 35.1 Å². The van der Waals surface area contributed by atoms with Crippen LogP contribution in [-0.2, 0) is 6.54 Å². The SMILES string of the molecule is Cc1sc2nc(CN(CC(O)c3ccccc3)C3CC3)[nH]c(=O)c2c1C. The van der Waals surface area contributed by atoms with Gasteiger partial charge in [-0.15, -0.1) is 11.3 Å². The molecule has 1 fully saturated rings.